The van der Waals surface area contributed by atoms with Crippen LogP contribution in [0.5, 0.6) is 5.75 Å². The Morgan fingerprint density at radius 3 is 2.45 bits per heavy atom. The van der Waals surface area contributed by atoms with E-state index in [0.717, 1.165) is 35.5 Å². The zero-order chi connectivity index (χ0) is 26.1. The summed E-state index contributed by atoms with van der Waals surface area (Å²) in [6.07, 6.45) is 0. The lowest BCUT2D eigenvalue weighted by molar-refractivity contribution is 0.0314. The quantitative estimate of drug-likeness (QED) is 0.363. The summed E-state index contributed by atoms with van der Waals surface area (Å²) in [5.74, 6) is 0.619. The van der Waals surface area contributed by atoms with Crippen LogP contribution in [0.2, 0.25) is 0 Å². The maximum Gasteiger partial charge on any atom is 0.290 e. The number of carbonyl (C=O) groups excluding carboxylic acids is 1. The van der Waals surface area contributed by atoms with Crippen molar-refractivity contribution in [2.24, 2.45) is 0 Å². The molecule has 2 aliphatic rings. The van der Waals surface area contributed by atoms with E-state index < -0.39 is 6.04 Å². The number of amides is 1. The van der Waals surface area contributed by atoms with Crippen molar-refractivity contribution in [3.8, 4) is 5.75 Å². The van der Waals surface area contributed by atoms with E-state index in [2.05, 4.69) is 4.90 Å². The Balaban J connectivity index is 1.34. The van der Waals surface area contributed by atoms with Gasteiger partial charge in [0.15, 0.2) is 5.43 Å². The zero-order valence-corrected chi connectivity index (χ0v) is 21.4. The second-order valence-electron chi connectivity index (χ2n) is 9.87. The summed E-state index contributed by atoms with van der Waals surface area (Å²) in [6, 6.07) is 22.6. The van der Waals surface area contributed by atoms with Crippen LogP contribution in [0, 0.1) is 6.92 Å². The van der Waals surface area contributed by atoms with E-state index in [1.54, 1.807) is 11.0 Å². The standard InChI is InChI=1S/C31H30N2O5/c1-21-7-12-26-25(19-21)29(34)27-28(23-8-10-24(11-9-23)37-20-22-5-3-2-4-6-22)33(31(35)30(27)38-26)14-13-32-15-17-36-18-16-32/h2-12,19,28H,13-18,20H2,1H3. The normalized spacial score (nSPS) is 17.7. The summed E-state index contributed by atoms with van der Waals surface area (Å²) in [4.78, 5) is 31.5. The Kier molecular flexibility index (Phi) is 6.70. The fraction of sp³-hybridized carbons (Fsp3) is 0.290. The van der Waals surface area contributed by atoms with Crippen LogP contribution in [0.3, 0.4) is 0 Å². The van der Waals surface area contributed by atoms with Gasteiger partial charge in [-0.3, -0.25) is 14.5 Å². The number of rotatable bonds is 7. The first kappa shape index (κ1) is 24.4. The van der Waals surface area contributed by atoms with Crippen LogP contribution in [-0.2, 0) is 11.3 Å². The van der Waals surface area contributed by atoms with Gasteiger partial charge >= 0.3 is 0 Å². The van der Waals surface area contributed by atoms with Gasteiger partial charge in [-0.2, -0.15) is 0 Å². The van der Waals surface area contributed by atoms with Gasteiger partial charge < -0.3 is 18.8 Å². The molecule has 38 heavy (non-hydrogen) atoms. The van der Waals surface area contributed by atoms with Crippen LogP contribution >= 0.6 is 0 Å². The smallest absolute Gasteiger partial charge is 0.290 e. The summed E-state index contributed by atoms with van der Waals surface area (Å²) in [6.45, 7) is 6.61. The summed E-state index contributed by atoms with van der Waals surface area (Å²) < 4.78 is 17.5. The Morgan fingerprint density at radius 1 is 0.921 bits per heavy atom. The average Bonchev–Trinajstić information content (AvgIpc) is 3.24. The fourth-order valence-corrected chi connectivity index (χ4v) is 5.27. The number of hydrogen-bond acceptors (Lipinski definition) is 6. The van der Waals surface area contributed by atoms with Gasteiger partial charge in [-0.25, -0.2) is 0 Å². The summed E-state index contributed by atoms with van der Waals surface area (Å²) in [7, 11) is 0. The van der Waals surface area contributed by atoms with Crippen molar-refractivity contribution in [3.63, 3.8) is 0 Å². The molecule has 3 aromatic carbocycles. The summed E-state index contributed by atoms with van der Waals surface area (Å²) >= 11 is 0. The van der Waals surface area contributed by atoms with Crippen molar-refractivity contribution < 1.29 is 18.7 Å². The first-order valence-corrected chi connectivity index (χ1v) is 13.0. The highest BCUT2D eigenvalue weighted by Crippen LogP contribution is 2.38. The number of hydrogen-bond donors (Lipinski definition) is 0. The third kappa shape index (κ3) is 4.71. The molecule has 1 amide bonds. The second kappa shape index (κ2) is 10.4. The van der Waals surface area contributed by atoms with E-state index in [9.17, 15) is 9.59 Å². The number of aryl methyl sites for hydroxylation is 1. The maximum absolute atomic E-state index is 13.8. The molecule has 1 atom stereocenters. The van der Waals surface area contributed by atoms with E-state index in [-0.39, 0.29) is 17.1 Å². The predicted molar refractivity (Wildman–Crippen MR) is 145 cm³/mol. The number of nitrogens with zero attached hydrogens (tertiary/aromatic N) is 2. The molecule has 1 unspecified atom stereocenters. The molecule has 0 aliphatic carbocycles. The number of carbonyl (C=O) groups is 1. The number of ether oxygens (including phenoxy) is 2. The fourth-order valence-electron chi connectivity index (χ4n) is 5.27. The molecule has 7 heteroatoms. The van der Waals surface area contributed by atoms with Crippen LogP contribution in [0.25, 0.3) is 11.0 Å². The van der Waals surface area contributed by atoms with Crippen molar-refractivity contribution in [1.82, 2.24) is 9.80 Å². The van der Waals surface area contributed by atoms with E-state index in [1.807, 2.05) is 73.7 Å². The molecule has 1 saturated heterocycles. The number of benzene rings is 3. The maximum atomic E-state index is 13.8. The van der Waals surface area contributed by atoms with Crippen molar-refractivity contribution in [1.29, 1.82) is 0 Å². The Labute approximate surface area is 221 Å². The topological polar surface area (TPSA) is 72.2 Å². The first-order chi connectivity index (χ1) is 18.6. The van der Waals surface area contributed by atoms with E-state index in [1.165, 1.54) is 0 Å². The molecule has 1 fully saturated rings. The molecular weight excluding hydrogens is 480 g/mol. The van der Waals surface area contributed by atoms with Crippen molar-refractivity contribution in [2.45, 2.75) is 19.6 Å². The van der Waals surface area contributed by atoms with Crippen LogP contribution < -0.4 is 10.2 Å². The van der Waals surface area contributed by atoms with Gasteiger partial charge in [0.1, 0.15) is 17.9 Å². The van der Waals surface area contributed by atoms with Gasteiger partial charge in [0.05, 0.1) is 30.2 Å². The number of fused-ring (bicyclic) bond motifs is 2. The largest absolute Gasteiger partial charge is 0.489 e. The van der Waals surface area contributed by atoms with E-state index in [4.69, 9.17) is 13.9 Å². The average molecular weight is 511 g/mol. The monoisotopic (exact) mass is 510 g/mol. The van der Waals surface area contributed by atoms with Crippen molar-refractivity contribution in [2.75, 3.05) is 39.4 Å². The third-order valence-corrected chi connectivity index (χ3v) is 7.33. The molecule has 0 spiro atoms. The molecule has 0 saturated carbocycles. The van der Waals surface area contributed by atoms with Crippen molar-refractivity contribution in [3.05, 3.63) is 111 Å². The molecule has 0 radical (unpaired) electrons. The highest BCUT2D eigenvalue weighted by atomic mass is 16.5. The molecule has 194 valence electrons. The Hall–Kier alpha value is -3.94. The molecule has 0 N–H and O–H groups in total. The number of morpholine rings is 1. The highest BCUT2D eigenvalue weighted by molar-refractivity contribution is 5.99. The Morgan fingerprint density at radius 2 is 1.68 bits per heavy atom. The van der Waals surface area contributed by atoms with E-state index in [0.29, 0.717) is 49.4 Å². The SMILES string of the molecule is Cc1ccc2oc3c(c(=O)c2c1)C(c1ccc(OCc2ccccc2)cc1)N(CCN1CCOCC1)C3=O. The van der Waals surface area contributed by atoms with Gasteiger partial charge in [-0.1, -0.05) is 54.1 Å². The zero-order valence-electron chi connectivity index (χ0n) is 21.4. The highest BCUT2D eigenvalue weighted by Gasteiger charge is 2.42. The summed E-state index contributed by atoms with van der Waals surface area (Å²) in [5.41, 5.74) is 3.60. The van der Waals surface area contributed by atoms with Gasteiger partial charge in [0.25, 0.3) is 5.91 Å². The van der Waals surface area contributed by atoms with Crippen LogP contribution in [0.4, 0.5) is 0 Å². The molecule has 2 aliphatic heterocycles. The second-order valence-corrected chi connectivity index (χ2v) is 9.87. The minimum absolute atomic E-state index is 0.141. The van der Waals surface area contributed by atoms with Crippen LogP contribution in [0.15, 0.2) is 82.0 Å². The lowest BCUT2D eigenvalue weighted by Crippen LogP contribution is -2.42. The molecule has 1 aromatic heterocycles. The minimum atomic E-state index is -0.525. The molecular formula is C31H30N2O5. The first-order valence-electron chi connectivity index (χ1n) is 13.0. The van der Waals surface area contributed by atoms with Gasteiger partial charge in [0.2, 0.25) is 5.76 Å². The van der Waals surface area contributed by atoms with Crippen LogP contribution in [0.1, 0.15) is 38.9 Å². The van der Waals surface area contributed by atoms with Gasteiger partial charge in [-0.05, 0) is 42.3 Å². The Bertz CT molecular complexity index is 1510. The molecule has 6 rings (SSSR count). The van der Waals surface area contributed by atoms with E-state index >= 15 is 0 Å². The third-order valence-electron chi connectivity index (χ3n) is 7.33. The van der Waals surface area contributed by atoms with Crippen molar-refractivity contribution >= 4 is 16.9 Å². The minimum Gasteiger partial charge on any atom is -0.489 e. The molecule has 7 nitrogen and oxygen atoms in total. The molecule has 3 heterocycles. The molecule has 4 aromatic rings. The lowest BCUT2D eigenvalue weighted by atomic mass is 9.98. The van der Waals surface area contributed by atoms with Gasteiger partial charge in [0, 0.05) is 26.2 Å². The van der Waals surface area contributed by atoms with Gasteiger partial charge in [-0.15, -0.1) is 0 Å². The molecule has 0 bridgehead atoms. The van der Waals surface area contributed by atoms with Crippen LogP contribution in [-0.4, -0.2) is 55.1 Å². The summed E-state index contributed by atoms with van der Waals surface area (Å²) in [5, 5.41) is 0.499. The lowest BCUT2D eigenvalue weighted by Gasteiger charge is -2.31. The predicted octanol–water partition coefficient (Wildman–Crippen LogP) is 4.56.